The Kier molecular flexibility index (Phi) is 5.95. The molecule has 1 atom stereocenters. The summed E-state index contributed by atoms with van der Waals surface area (Å²) in [6, 6.07) is 12.5. The molecule has 0 aliphatic carbocycles. The molecule has 1 unspecified atom stereocenters. The predicted octanol–water partition coefficient (Wildman–Crippen LogP) is 5.06. The summed E-state index contributed by atoms with van der Waals surface area (Å²) in [6.07, 6.45) is -3.14. The molecular formula is C18H14ClF3N4OS. The second-order valence-electron chi connectivity index (χ2n) is 5.74. The predicted molar refractivity (Wildman–Crippen MR) is 102 cm³/mol. The van der Waals surface area contributed by atoms with Crippen LogP contribution in [0.15, 0.2) is 60.0 Å². The van der Waals surface area contributed by atoms with Gasteiger partial charge in [0.2, 0.25) is 11.1 Å². The van der Waals surface area contributed by atoms with Gasteiger partial charge in [-0.25, -0.2) is 9.67 Å². The molecule has 0 aliphatic heterocycles. The third-order valence-corrected chi connectivity index (χ3v) is 4.89. The number of benzene rings is 2. The zero-order valence-corrected chi connectivity index (χ0v) is 16.0. The van der Waals surface area contributed by atoms with Crippen LogP contribution in [0.3, 0.4) is 0 Å². The fourth-order valence-corrected chi connectivity index (χ4v) is 3.21. The lowest BCUT2D eigenvalue weighted by Crippen LogP contribution is -2.24. The van der Waals surface area contributed by atoms with Crippen LogP contribution in [0.2, 0.25) is 5.02 Å². The number of hydrogen-bond donors (Lipinski definition) is 1. The van der Waals surface area contributed by atoms with Crippen LogP contribution < -0.4 is 5.32 Å². The monoisotopic (exact) mass is 426 g/mol. The Morgan fingerprint density at radius 3 is 2.61 bits per heavy atom. The van der Waals surface area contributed by atoms with E-state index in [0.29, 0.717) is 5.16 Å². The average molecular weight is 427 g/mol. The van der Waals surface area contributed by atoms with E-state index in [2.05, 4.69) is 15.4 Å². The number of nitrogens with zero attached hydrogens (tertiary/aromatic N) is 3. The van der Waals surface area contributed by atoms with Gasteiger partial charge in [-0.2, -0.15) is 13.2 Å². The molecule has 0 fully saturated rings. The van der Waals surface area contributed by atoms with Crippen molar-refractivity contribution >= 4 is 35.0 Å². The number of thioether (sulfide) groups is 1. The largest absolute Gasteiger partial charge is 0.418 e. The van der Waals surface area contributed by atoms with Gasteiger partial charge in [-0.15, -0.1) is 5.10 Å². The number of aromatic nitrogens is 3. The molecule has 0 aliphatic rings. The molecule has 2 aromatic carbocycles. The lowest BCUT2D eigenvalue weighted by molar-refractivity contribution is -0.137. The maximum Gasteiger partial charge on any atom is 0.418 e. The highest BCUT2D eigenvalue weighted by atomic mass is 35.5. The topological polar surface area (TPSA) is 59.8 Å². The average Bonchev–Trinajstić information content (AvgIpc) is 3.11. The number of hydrogen-bond acceptors (Lipinski definition) is 4. The molecule has 1 heterocycles. The number of carbonyl (C=O) groups excluding carboxylic acids is 1. The van der Waals surface area contributed by atoms with Crippen LogP contribution in [0.1, 0.15) is 12.5 Å². The maximum absolute atomic E-state index is 13.2. The first-order valence-electron chi connectivity index (χ1n) is 8.05. The van der Waals surface area contributed by atoms with E-state index in [1.54, 1.807) is 11.6 Å². The summed E-state index contributed by atoms with van der Waals surface area (Å²) in [6.45, 7) is 1.56. The maximum atomic E-state index is 13.2. The molecular weight excluding hydrogens is 413 g/mol. The van der Waals surface area contributed by atoms with E-state index >= 15 is 0 Å². The van der Waals surface area contributed by atoms with Crippen LogP contribution >= 0.6 is 23.4 Å². The minimum absolute atomic E-state index is 0.0663. The number of para-hydroxylation sites is 1. The summed E-state index contributed by atoms with van der Waals surface area (Å²) in [4.78, 5) is 16.5. The molecule has 5 nitrogen and oxygen atoms in total. The molecule has 0 radical (unpaired) electrons. The highest BCUT2D eigenvalue weighted by Gasteiger charge is 2.34. The van der Waals surface area contributed by atoms with E-state index in [1.807, 2.05) is 30.3 Å². The van der Waals surface area contributed by atoms with Gasteiger partial charge >= 0.3 is 6.18 Å². The first-order chi connectivity index (χ1) is 13.2. The minimum Gasteiger partial charge on any atom is -0.325 e. The minimum atomic E-state index is -4.64. The molecule has 146 valence electrons. The molecule has 1 N–H and O–H groups in total. The number of rotatable bonds is 5. The summed E-state index contributed by atoms with van der Waals surface area (Å²) in [5, 5.41) is 6.12. The van der Waals surface area contributed by atoms with Crippen LogP contribution in [0.4, 0.5) is 18.9 Å². The van der Waals surface area contributed by atoms with Gasteiger partial charge in [0.1, 0.15) is 6.33 Å². The van der Waals surface area contributed by atoms with Crippen molar-refractivity contribution in [3.05, 3.63) is 65.4 Å². The fourth-order valence-electron chi connectivity index (χ4n) is 2.31. The van der Waals surface area contributed by atoms with Gasteiger partial charge in [-0.1, -0.05) is 41.6 Å². The molecule has 1 aromatic heterocycles. The van der Waals surface area contributed by atoms with Crippen LogP contribution in [-0.4, -0.2) is 25.9 Å². The Bertz CT molecular complexity index is 978. The Labute approximate surface area is 167 Å². The molecule has 28 heavy (non-hydrogen) atoms. The molecule has 0 saturated carbocycles. The van der Waals surface area contributed by atoms with Gasteiger partial charge in [0.15, 0.2) is 0 Å². The van der Waals surface area contributed by atoms with Gasteiger partial charge in [0.25, 0.3) is 0 Å². The smallest absolute Gasteiger partial charge is 0.325 e. The molecule has 0 saturated heterocycles. The summed E-state index contributed by atoms with van der Waals surface area (Å²) < 4.78 is 41.0. The van der Waals surface area contributed by atoms with Crippen molar-refractivity contribution in [3.8, 4) is 5.69 Å². The number of anilines is 1. The molecule has 0 spiro atoms. The second kappa shape index (κ2) is 8.24. The van der Waals surface area contributed by atoms with Crippen molar-refractivity contribution in [3.63, 3.8) is 0 Å². The van der Waals surface area contributed by atoms with Crippen molar-refractivity contribution in [2.24, 2.45) is 0 Å². The van der Waals surface area contributed by atoms with Crippen molar-refractivity contribution in [1.29, 1.82) is 0 Å². The van der Waals surface area contributed by atoms with E-state index in [-0.39, 0.29) is 10.7 Å². The van der Waals surface area contributed by atoms with Gasteiger partial charge in [-0.05, 0) is 37.3 Å². The number of nitrogens with one attached hydrogen (secondary N) is 1. The summed E-state index contributed by atoms with van der Waals surface area (Å²) in [7, 11) is 0. The molecule has 1 amide bonds. The molecule has 3 rings (SSSR count). The van der Waals surface area contributed by atoms with Gasteiger partial charge < -0.3 is 5.32 Å². The van der Waals surface area contributed by atoms with E-state index in [1.165, 1.54) is 12.4 Å². The number of carbonyl (C=O) groups is 1. The molecule has 0 bridgehead atoms. The van der Waals surface area contributed by atoms with E-state index in [0.717, 1.165) is 29.6 Å². The summed E-state index contributed by atoms with van der Waals surface area (Å²) in [5.41, 5.74) is -0.552. The first-order valence-corrected chi connectivity index (χ1v) is 9.31. The Morgan fingerprint density at radius 2 is 1.93 bits per heavy atom. The SMILES string of the molecule is CC(Sc1ncn(-c2ccccc2)n1)C(=O)Nc1ccc(Cl)cc1C(F)(F)F. The van der Waals surface area contributed by atoms with Crippen LogP contribution in [0, 0.1) is 0 Å². The molecule has 3 aromatic rings. The zero-order valence-electron chi connectivity index (χ0n) is 14.4. The van der Waals surface area contributed by atoms with Crippen LogP contribution in [0.5, 0.6) is 0 Å². The number of halogens is 4. The number of amides is 1. The molecule has 10 heteroatoms. The Morgan fingerprint density at radius 1 is 1.21 bits per heavy atom. The van der Waals surface area contributed by atoms with Gasteiger partial charge in [0, 0.05) is 5.02 Å². The van der Waals surface area contributed by atoms with Crippen LogP contribution in [0.25, 0.3) is 5.69 Å². The Balaban J connectivity index is 1.70. The normalized spacial score (nSPS) is 12.6. The highest BCUT2D eigenvalue weighted by Crippen LogP contribution is 2.36. The van der Waals surface area contributed by atoms with Crippen molar-refractivity contribution in [1.82, 2.24) is 14.8 Å². The van der Waals surface area contributed by atoms with E-state index < -0.39 is 22.9 Å². The third-order valence-electron chi connectivity index (χ3n) is 3.69. The Hall–Kier alpha value is -2.52. The van der Waals surface area contributed by atoms with Crippen LogP contribution in [-0.2, 0) is 11.0 Å². The first kappa shape index (κ1) is 20.2. The van der Waals surface area contributed by atoms with E-state index in [9.17, 15) is 18.0 Å². The van der Waals surface area contributed by atoms with Crippen molar-refractivity contribution < 1.29 is 18.0 Å². The number of alkyl halides is 3. The summed E-state index contributed by atoms with van der Waals surface area (Å²) in [5.74, 6) is -0.603. The zero-order chi connectivity index (χ0) is 20.3. The van der Waals surface area contributed by atoms with Gasteiger partial charge in [0.05, 0.1) is 22.2 Å². The standard InChI is InChI=1S/C18H14ClF3N4OS/c1-11(28-17-23-10-26(25-17)13-5-3-2-4-6-13)16(27)24-15-8-7-12(19)9-14(15)18(20,21)22/h2-11H,1H3,(H,24,27). The fraction of sp³-hybridized carbons (Fsp3) is 0.167. The second-order valence-corrected chi connectivity index (χ2v) is 7.49. The quantitative estimate of drug-likeness (QED) is 0.579. The highest BCUT2D eigenvalue weighted by molar-refractivity contribution is 8.00. The van der Waals surface area contributed by atoms with Crippen molar-refractivity contribution in [2.45, 2.75) is 23.5 Å². The van der Waals surface area contributed by atoms with E-state index in [4.69, 9.17) is 11.6 Å². The summed E-state index contributed by atoms with van der Waals surface area (Å²) >= 11 is 6.69. The lowest BCUT2D eigenvalue weighted by Gasteiger charge is -2.16. The third kappa shape index (κ3) is 4.85. The lowest BCUT2D eigenvalue weighted by atomic mass is 10.1. The van der Waals surface area contributed by atoms with Crippen molar-refractivity contribution in [2.75, 3.05) is 5.32 Å². The van der Waals surface area contributed by atoms with Gasteiger partial charge in [-0.3, -0.25) is 4.79 Å².